The van der Waals surface area contributed by atoms with E-state index in [1.165, 1.54) is 6.92 Å². The topological polar surface area (TPSA) is 35.5 Å². The van der Waals surface area contributed by atoms with E-state index in [0.717, 1.165) is 6.92 Å². The van der Waals surface area contributed by atoms with Crippen LogP contribution in [-0.4, -0.2) is 25.0 Å². The van der Waals surface area contributed by atoms with E-state index < -0.39 is 23.9 Å². The van der Waals surface area contributed by atoms with E-state index in [0.29, 0.717) is 19.4 Å². The van der Waals surface area contributed by atoms with Gasteiger partial charge in [-0.2, -0.15) is 13.2 Å². The number of rotatable bonds is 3. The lowest BCUT2D eigenvalue weighted by Crippen LogP contribution is -2.44. The molecular weight excluding hydrogens is 225 g/mol. The highest BCUT2D eigenvalue weighted by atomic mass is 19.4. The van der Waals surface area contributed by atoms with Crippen molar-refractivity contribution >= 4 is 5.97 Å². The number of hydrogen-bond donors (Lipinski definition) is 0. The van der Waals surface area contributed by atoms with Crippen molar-refractivity contribution in [1.29, 1.82) is 0 Å². The Morgan fingerprint density at radius 3 is 2.50 bits per heavy atom. The molecule has 0 spiro atoms. The van der Waals surface area contributed by atoms with Crippen molar-refractivity contribution in [2.45, 2.75) is 45.6 Å². The Labute approximate surface area is 91.9 Å². The lowest BCUT2D eigenvalue weighted by Gasteiger charge is -2.29. The molecule has 2 atom stereocenters. The van der Waals surface area contributed by atoms with Gasteiger partial charge in [0, 0.05) is 6.42 Å². The Morgan fingerprint density at radius 2 is 2.12 bits per heavy atom. The van der Waals surface area contributed by atoms with Crippen LogP contribution in [0.15, 0.2) is 0 Å². The largest absolute Gasteiger partial charge is 0.435 e. The van der Waals surface area contributed by atoms with Crippen molar-refractivity contribution < 1.29 is 27.4 Å². The van der Waals surface area contributed by atoms with E-state index >= 15 is 0 Å². The van der Waals surface area contributed by atoms with Gasteiger partial charge in [0.05, 0.1) is 6.61 Å². The van der Waals surface area contributed by atoms with Crippen LogP contribution in [0.1, 0.15) is 33.1 Å². The van der Waals surface area contributed by atoms with Crippen LogP contribution in [0.4, 0.5) is 13.2 Å². The smallest absolute Gasteiger partial charge is 0.404 e. The summed E-state index contributed by atoms with van der Waals surface area (Å²) in [5.74, 6) is -1.26. The molecule has 16 heavy (non-hydrogen) atoms. The number of halogens is 3. The van der Waals surface area contributed by atoms with Gasteiger partial charge in [0.1, 0.15) is 0 Å². The molecule has 1 fully saturated rings. The molecule has 1 saturated heterocycles. The molecule has 1 aliphatic heterocycles. The minimum atomic E-state index is -4.60. The second kappa shape index (κ2) is 4.61. The van der Waals surface area contributed by atoms with Crippen molar-refractivity contribution in [3.05, 3.63) is 0 Å². The molecule has 0 aliphatic carbocycles. The van der Waals surface area contributed by atoms with Gasteiger partial charge in [0.15, 0.2) is 5.41 Å². The average molecular weight is 240 g/mol. The van der Waals surface area contributed by atoms with E-state index in [1.54, 1.807) is 0 Å². The summed E-state index contributed by atoms with van der Waals surface area (Å²) in [6, 6.07) is 0. The lowest BCUT2D eigenvalue weighted by molar-refractivity contribution is -0.241. The van der Waals surface area contributed by atoms with Crippen LogP contribution in [0.5, 0.6) is 0 Å². The molecule has 2 unspecified atom stereocenters. The molecule has 0 aromatic rings. The number of alkyl halides is 3. The number of carbonyl (C=O) groups is 1. The summed E-state index contributed by atoms with van der Waals surface area (Å²) in [5, 5.41) is 0. The molecule has 0 aromatic carbocycles. The van der Waals surface area contributed by atoms with E-state index in [-0.39, 0.29) is 6.42 Å². The third kappa shape index (κ3) is 2.48. The van der Waals surface area contributed by atoms with Gasteiger partial charge in [0.2, 0.25) is 6.29 Å². The molecule has 6 heteroatoms. The van der Waals surface area contributed by atoms with Gasteiger partial charge in [-0.1, -0.05) is 6.92 Å². The second-order valence-corrected chi connectivity index (χ2v) is 4.03. The summed E-state index contributed by atoms with van der Waals surface area (Å²) in [7, 11) is 0. The van der Waals surface area contributed by atoms with Gasteiger partial charge < -0.3 is 9.47 Å². The maximum absolute atomic E-state index is 12.7. The fourth-order valence-corrected chi connectivity index (χ4v) is 1.35. The zero-order valence-corrected chi connectivity index (χ0v) is 9.26. The zero-order valence-electron chi connectivity index (χ0n) is 9.26. The van der Waals surface area contributed by atoms with Gasteiger partial charge >= 0.3 is 12.1 Å². The van der Waals surface area contributed by atoms with Gasteiger partial charge in [-0.05, 0) is 19.8 Å². The Balaban J connectivity index is 2.68. The summed E-state index contributed by atoms with van der Waals surface area (Å²) in [4.78, 5) is 11.5. The molecule has 0 N–H and O–H groups in total. The lowest BCUT2D eigenvalue weighted by atomic mass is 9.87. The van der Waals surface area contributed by atoms with Gasteiger partial charge in [-0.15, -0.1) is 0 Å². The summed E-state index contributed by atoms with van der Waals surface area (Å²) < 4.78 is 47.7. The maximum Gasteiger partial charge on any atom is 0.404 e. The van der Waals surface area contributed by atoms with Crippen molar-refractivity contribution in [1.82, 2.24) is 0 Å². The van der Waals surface area contributed by atoms with Crippen LogP contribution < -0.4 is 0 Å². The standard InChI is InChI=1S/C10H15F3O3/c1-3-9(2,10(11,12)13)8(14)16-7-5-4-6-15-7/h7H,3-6H2,1-2H3. The zero-order chi connectivity index (χ0) is 12.4. The molecular formula is C10H15F3O3. The van der Waals surface area contributed by atoms with E-state index in [2.05, 4.69) is 0 Å². The number of ether oxygens (including phenoxy) is 2. The van der Waals surface area contributed by atoms with Crippen LogP contribution >= 0.6 is 0 Å². The molecule has 3 nitrogen and oxygen atoms in total. The molecule has 1 aliphatic rings. The first-order valence-electron chi connectivity index (χ1n) is 5.20. The Morgan fingerprint density at radius 1 is 1.50 bits per heavy atom. The van der Waals surface area contributed by atoms with Crippen LogP contribution in [-0.2, 0) is 14.3 Å². The number of hydrogen-bond acceptors (Lipinski definition) is 3. The fraction of sp³-hybridized carbons (Fsp3) is 0.900. The van der Waals surface area contributed by atoms with E-state index in [1.807, 2.05) is 0 Å². The van der Waals surface area contributed by atoms with Crippen molar-refractivity contribution in [3.8, 4) is 0 Å². The van der Waals surface area contributed by atoms with Gasteiger partial charge in [-0.3, -0.25) is 4.79 Å². The maximum atomic E-state index is 12.7. The van der Waals surface area contributed by atoms with Crippen molar-refractivity contribution in [2.75, 3.05) is 6.61 Å². The second-order valence-electron chi connectivity index (χ2n) is 4.03. The first kappa shape index (κ1) is 13.3. The summed E-state index contributed by atoms with van der Waals surface area (Å²) in [5.41, 5.74) is -2.45. The Kier molecular flexibility index (Phi) is 3.83. The third-order valence-corrected chi connectivity index (χ3v) is 2.91. The van der Waals surface area contributed by atoms with E-state index in [9.17, 15) is 18.0 Å². The highest BCUT2D eigenvalue weighted by Gasteiger charge is 2.57. The highest BCUT2D eigenvalue weighted by Crippen LogP contribution is 2.42. The Bertz CT molecular complexity index is 259. The molecule has 1 rings (SSSR count). The van der Waals surface area contributed by atoms with Gasteiger partial charge in [-0.25, -0.2) is 0 Å². The molecule has 0 bridgehead atoms. The molecule has 0 aromatic heterocycles. The molecule has 94 valence electrons. The molecule has 0 saturated carbocycles. The minimum absolute atomic E-state index is 0.345. The Hall–Kier alpha value is -0.780. The predicted octanol–water partition coefficient (Wildman–Crippen LogP) is 2.64. The predicted molar refractivity (Wildman–Crippen MR) is 49.5 cm³/mol. The van der Waals surface area contributed by atoms with Gasteiger partial charge in [0.25, 0.3) is 0 Å². The van der Waals surface area contributed by atoms with Crippen molar-refractivity contribution in [2.24, 2.45) is 5.41 Å². The van der Waals surface area contributed by atoms with Crippen LogP contribution in [0.2, 0.25) is 0 Å². The minimum Gasteiger partial charge on any atom is -0.435 e. The first-order chi connectivity index (χ1) is 7.31. The molecule has 0 amide bonds. The summed E-state index contributed by atoms with van der Waals surface area (Å²) in [6.07, 6.45) is -4.60. The monoisotopic (exact) mass is 240 g/mol. The van der Waals surface area contributed by atoms with Crippen LogP contribution in [0.3, 0.4) is 0 Å². The van der Waals surface area contributed by atoms with Crippen LogP contribution in [0.25, 0.3) is 0 Å². The number of esters is 1. The SMILES string of the molecule is CCC(C)(C(=O)OC1CCCO1)C(F)(F)F. The fourth-order valence-electron chi connectivity index (χ4n) is 1.35. The third-order valence-electron chi connectivity index (χ3n) is 2.91. The van der Waals surface area contributed by atoms with Crippen LogP contribution in [0, 0.1) is 5.41 Å². The van der Waals surface area contributed by atoms with Crippen molar-refractivity contribution in [3.63, 3.8) is 0 Å². The quantitative estimate of drug-likeness (QED) is 0.711. The average Bonchev–Trinajstić information content (AvgIpc) is 2.67. The summed E-state index contributed by atoms with van der Waals surface area (Å²) >= 11 is 0. The molecule has 1 heterocycles. The van der Waals surface area contributed by atoms with E-state index in [4.69, 9.17) is 9.47 Å². The first-order valence-corrected chi connectivity index (χ1v) is 5.20. The highest BCUT2D eigenvalue weighted by molar-refractivity contribution is 5.77. The normalized spacial score (nSPS) is 25.2. The summed E-state index contributed by atoms with van der Waals surface area (Å²) in [6.45, 7) is 2.58. The number of carbonyl (C=O) groups excluding carboxylic acids is 1. The molecule has 0 radical (unpaired) electrons.